The van der Waals surface area contributed by atoms with Crippen molar-refractivity contribution in [3.8, 4) is 22.1 Å². The molecule has 4 aromatic rings. The number of rotatable bonds is 7. The van der Waals surface area contributed by atoms with E-state index in [9.17, 15) is 4.79 Å². The van der Waals surface area contributed by atoms with Crippen molar-refractivity contribution in [2.75, 3.05) is 18.2 Å². The van der Waals surface area contributed by atoms with Crippen LogP contribution in [-0.4, -0.2) is 38.5 Å². The van der Waals surface area contributed by atoms with Gasteiger partial charge in [-0.1, -0.05) is 30.0 Å². The molecule has 0 aliphatic rings. The lowest BCUT2D eigenvalue weighted by Crippen LogP contribution is -2.14. The SMILES string of the molecule is COc1ccccc1-n1c(SCC(=O)Nc2nc(C)cs2)nnc1-c1cccs1. The quantitative estimate of drug-likeness (QED) is 0.424. The second kappa shape index (κ2) is 8.76. The number of thioether (sulfide) groups is 1. The number of nitrogens with zero attached hydrogens (tertiary/aromatic N) is 4. The summed E-state index contributed by atoms with van der Waals surface area (Å²) in [5, 5.41) is 16.6. The molecule has 0 radical (unpaired) electrons. The van der Waals surface area contributed by atoms with Gasteiger partial charge >= 0.3 is 0 Å². The molecule has 0 atom stereocenters. The molecule has 0 saturated carbocycles. The number of methoxy groups -OCH3 is 1. The van der Waals surface area contributed by atoms with Crippen LogP contribution in [0, 0.1) is 6.92 Å². The van der Waals surface area contributed by atoms with Gasteiger partial charge in [0.05, 0.1) is 29.1 Å². The molecule has 29 heavy (non-hydrogen) atoms. The Labute approximate surface area is 179 Å². The number of carbonyl (C=O) groups is 1. The average molecular weight is 444 g/mol. The number of amides is 1. The maximum Gasteiger partial charge on any atom is 0.236 e. The van der Waals surface area contributed by atoms with Gasteiger partial charge in [-0.25, -0.2) is 4.98 Å². The highest BCUT2D eigenvalue weighted by Crippen LogP contribution is 2.34. The predicted octanol–water partition coefficient (Wildman–Crippen LogP) is 4.50. The molecule has 0 aliphatic carbocycles. The molecule has 4 rings (SSSR count). The first kappa shape index (κ1) is 19.6. The molecular weight excluding hydrogens is 426 g/mol. The number of thiazole rings is 1. The minimum absolute atomic E-state index is 0.142. The van der Waals surface area contributed by atoms with Crippen molar-refractivity contribution >= 4 is 45.5 Å². The summed E-state index contributed by atoms with van der Waals surface area (Å²) in [6.45, 7) is 1.89. The van der Waals surface area contributed by atoms with Gasteiger partial charge in [-0.15, -0.1) is 32.9 Å². The minimum atomic E-state index is -0.142. The summed E-state index contributed by atoms with van der Waals surface area (Å²) < 4.78 is 7.46. The molecule has 148 valence electrons. The summed E-state index contributed by atoms with van der Waals surface area (Å²) in [5.41, 5.74) is 1.70. The van der Waals surface area contributed by atoms with Crippen molar-refractivity contribution in [1.82, 2.24) is 19.7 Å². The molecule has 10 heteroatoms. The number of thiophene rings is 1. The molecule has 0 bridgehead atoms. The fourth-order valence-electron chi connectivity index (χ4n) is 2.66. The summed E-state index contributed by atoms with van der Waals surface area (Å²) in [6, 6.07) is 11.6. The third kappa shape index (κ3) is 4.34. The van der Waals surface area contributed by atoms with Gasteiger partial charge in [-0.2, -0.15) is 0 Å². The van der Waals surface area contributed by atoms with Gasteiger partial charge in [0.2, 0.25) is 5.91 Å². The van der Waals surface area contributed by atoms with Crippen LogP contribution in [0.4, 0.5) is 5.13 Å². The van der Waals surface area contributed by atoms with Gasteiger partial charge in [0, 0.05) is 5.38 Å². The highest BCUT2D eigenvalue weighted by Gasteiger charge is 2.20. The molecule has 0 fully saturated rings. The largest absolute Gasteiger partial charge is 0.495 e. The molecule has 7 nitrogen and oxygen atoms in total. The Morgan fingerprint density at radius 3 is 2.79 bits per heavy atom. The number of aromatic nitrogens is 4. The topological polar surface area (TPSA) is 81.9 Å². The second-order valence-electron chi connectivity index (χ2n) is 5.92. The molecule has 0 spiro atoms. The fourth-order valence-corrected chi connectivity index (χ4v) is 4.80. The van der Waals surface area contributed by atoms with E-state index in [1.807, 2.05) is 58.6 Å². The first-order valence-corrected chi connectivity index (χ1v) is 11.4. The van der Waals surface area contributed by atoms with Gasteiger partial charge in [-0.05, 0) is 30.5 Å². The summed E-state index contributed by atoms with van der Waals surface area (Å²) in [6.07, 6.45) is 0. The highest BCUT2D eigenvalue weighted by molar-refractivity contribution is 7.99. The molecule has 1 N–H and O–H groups in total. The van der Waals surface area contributed by atoms with Crippen LogP contribution in [0.1, 0.15) is 5.69 Å². The van der Waals surface area contributed by atoms with Gasteiger partial charge in [0.15, 0.2) is 16.1 Å². The van der Waals surface area contributed by atoms with E-state index < -0.39 is 0 Å². The fraction of sp³-hybridized carbons (Fsp3) is 0.158. The Kier molecular flexibility index (Phi) is 5.93. The van der Waals surface area contributed by atoms with Crippen molar-refractivity contribution in [2.45, 2.75) is 12.1 Å². The number of nitrogens with one attached hydrogen (secondary N) is 1. The lowest BCUT2D eigenvalue weighted by atomic mass is 10.3. The van der Waals surface area contributed by atoms with E-state index in [1.165, 1.54) is 23.1 Å². The molecule has 1 aromatic carbocycles. The van der Waals surface area contributed by atoms with E-state index in [1.54, 1.807) is 18.4 Å². The molecule has 0 unspecified atom stereocenters. The summed E-state index contributed by atoms with van der Waals surface area (Å²) in [5.74, 6) is 1.46. The number of hydrogen-bond acceptors (Lipinski definition) is 8. The summed E-state index contributed by atoms with van der Waals surface area (Å²) in [4.78, 5) is 17.6. The van der Waals surface area contributed by atoms with Crippen LogP contribution in [0.2, 0.25) is 0 Å². The van der Waals surface area contributed by atoms with Crippen molar-refractivity contribution in [1.29, 1.82) is 0 Å². The molecule has 0 saturated heterocycles. The van der Waals surface area contributed by atoms with E-state index in [2.05, 4.69) is 20.5 Å². The molecule has 0 aliphatic heterocycles. The normalized spacial score (nSPS) is 10.8. The Morgan fingerprint density at radius 2 is 2.07 bits per heavy atom. The molecule has 3 aromatic heterocycles. The van der Waals surface area contributed by atoms with Crippen LogP contribution in [0.3, 0.4) is 0 Å². The molecule has 1 amide bonds. The monoisotopic (exact) mass is 443 g/mol. The number of carbonyl (C=O) groups excluding carboxylic acids is 1. The van der Waals surface area contributed by atoms with Crippen LogP contribution in [0.15, 0.2) is 52.3 Å². The zero-order chi connectivity index (χ0) is 20.2. The van der Waals surface area contributed by atoms with E-state index >= 15 is 0 Å². The lowest BCUT2D eigenvalue weighted by molar-refractivity contribution is -0.113. The Balaban J connectivity index is 1.62. The van der Waals surface area contributed by atoms with Crippen molar-refractivity contribution in [3.63, 3.8) is 0 Å². The Morgan fingerprint density at radius 1 is 1.21 bits per heavy atom. The Hall–Kier alpha value is -2.69. The lowest BCUT2D eigenvalue weighted by Gasteiger charge is -2.13. The highest BCUT2D eigenvalue weighted by atomic mass is 32.2. The first-order valence-electron chi connectivity index (χ1n) is 8.63. The third-order valence-corrected chi connectivity index (χ3v) is 6.57. The van der Waals surface area contributed by atoms with Crippen LogP contribution in [0.5, 0.6) is 5.75 Å². The second-order valence-corrected chi connectivity index (χ2v) is 8.67. The summed E-state index contributed by atoms with van der Waals surface area (Å²) >= 11 is 4.30. The number of benzene rings is 1. The Bertz CT molecular complexity index is 1120. The first-order chi connectivity index (χ1) is 14.2. The van der Waals surface area contributed by atoms with Gasteiger partial charge < -0.3 is 10.1 Å². The van der Waals surface area contributed by atoms with Gasteiger partial charge in [-0.3, -0.25) is 9.36 Å². The third-order valence-electron chi connectivity index (χ3n) is 3.90. The average Bonchev–Trinajstić information content (AvgIpc) is 3.47. The van der Waals surface area contributed by atoms with Crippen LogP contribution >= 0.6 is 34.4 Å². The van der Waals surface area contributed by atoms with E-state index in [4.69, 9.17) is 4.74 Å². The number of ether oxygens (including phenoxy) is 1. The predicted molar refractivity (Wildman–Crippen MR) is 117 cm³/mol. The van der Waals surface area contributed by atoms with Gasteiger partial charge in [0.1, 0.15) is 5.75 Å². The van der Waals surface area contributed by atoms with Crippen LogP contribution in [-0.2, 0) is 4.79 Å². The smallest absolute Gasteiger partial charge is 0.236 e. The van der Waals surface area contributed by atoms with Crippen molar-refractivity contribution < 1.29 is 9.53 Å². The molecule has 3 heterocycles. The van der Waals surface area contributed by atoms with Gasteiger partial charge in [0.25, 0.3) is 0 Å². The van der Waals surface area contributed by atoms with Crippen LogP contribution in [0.25, 0.3) is 16.4 Å². The summed E-state index contributed by atoms with van der Waals surface area (Å²) in [7, 11) is 1.63. The standard InChI is InChI=1S/C19H17N5O2S3/c1-12-10-28-18(20-12)21-16(25)11-29-19-23-22-17(15-8-5-9-27-15)24(19)13-6-3-4-7-14(13)26-2/h3-10H,11H2,1-2H3,(H,20,21,25). The molecular formula is C19H17N5O2S3. The number of para-hydroxylation sites is 2. The zero-order valence-electron chi connectivity index (χ0n) is 15.7. The van der Waals surface area contributed by atoms with Crippen molar-refractivity contribution in [2.24, 2.45) is 0 Å². The maximum absolute atomic E-state index is 12.4. The minimum Gasteiger partial charge on any atom is -0.495 e. The van der Waals surface area contributed by atoms with Crippen molar-refractivity contribution in [3.05, 3.63) is 52.9 Å². The maximum atomic E-state index is 12.4. The number of aryl methyl sites for hydroxylation is 1. The number of anilines is 1. The van der Waals surface area contributed by atoms with Crippen LogP contribution < -0.4 is 10.1 Å². The van der Waals surface area contributed by atoms with E-state index in [0.717, 1.165) is 16.3 Å². The number of hydrogen-bond donors (Lipinski definition) is 1. The van der Waals surface area contributed by atoms with E-state index in [0.29, 0.717) is 21.9 Å². The van der Waals surface area contributed by atoms with E-state index in [-0.39, 0.29) is 11.7 Å². The zero-order valence-corrected chi connectivity index (χ0v) is 18.1.